The van der Waals surface area contributed by atoms with Crippen molar-refractivity contribution >= 4 is 46.2 Å². The number of hydrogen-bond donors (Lipinski definition) is 0. The second-order valence-corrected chi connectivity index (χ2v) is 9.05. The third-order valence-corrected chi connectivity index (χ3v) is 6.78. The topological polar surface area (TPSA) is 45.1 Å². The predicted octanol–water partition coefficient (Wildman–Crippen LogP) is 5.23. The predicted molar refractivity (Wildman–Crippen MR) is 130 cm³/mol. The van der Waals surface area contributed by atoms with Crippen molar-refractivity contribution in [2.24, 2.45) is 4.99 Å². The molecule has 7 heteroatoms. The quantitative estimate of drug-likeness (QED) is 0.577. The molecule has 0 aromatic heterocycles. The first-order valence-electron chi connectivity index (χ1n) is 10.5. The number of hydrogen-bond acceptors (Lipinski definition) is 5. The minimum atomic E-state index is -0.168. The molecule has 2 heterocycles. The van der Waals surface area contributed by atoms with Crippen molar-refractivity contribution in [3.63, 3.8) is 0 Å². The van der Waals surface area contributed by atoms with Gasteiger partial charge >= 0.3 is 0 Å². The number of benzene rings is 2. The highest BCUT2D eigenvalue weighted by molar-refractivity contribution is 8.18. The summed E-state index contributed by atoms with van der Waals surface area (Å²) in [5, 5.41) is 1.58. The maximum absolute atomic E-state index is 12.4. The van der Waals surface area contributed by atoms with E-state index in [9.17, 15) is 4.79 Å². The van der Waals surface area contributed by atoms with Crippen molar-refractivity contribution in [2.75, 3.05) is 37.7 Å². The summed E-state index contributed by atoms with van der Waals surface area (Å²) in [6.45, 7) is 8.17. The molecule has 1 amide bonds. The molecular weight excluding hydrogens is 430 g/mol. The van der Waals surface area contributed by atoms with Gasteiger partial charge in [-0.2, -0.15) is 4.99 Å². The van der Waals surface area contributed by atoms with E-state index < -0.39 is 0 Å². The van der Waals surface area contributed by atoms with Crippen LogP contribution in [0.15, 0.2) is 52.4 Å². The third kappa shape index (κ3) is 5.25. The number of anilines is 1. The molecule has 31 heavy (non-hydrogen) atoms. The van der Waals surface area contributed by atoms with Crippen LogP contribution in [-0.2, 0) is 4.79 Å². The number of aliphatic imine (C=N–C) groups is 1. The molecule has 2 aromatic rings. The van der Waals surface area contributed by atoms with Gasteiger partial charge in [0.1, 0.15) is 5.75 Å². The number of aryl methyl sites for hydroxylation is 1. The Morgan fingerprint density at radius 2 is 1.81 bits per heavy atom. The Labute approximate surface area is 192 Å². The summed E-state index contributed by atoms with van der Waals surface area (Å²) in [4.78, 5) is 21.9. The van der Waals surface area contributed by atoms with Crippen LogP contribution in [0.25, 0.3) is 6.08 Å². The molecule has 0 saturated carbocycles. The molecule has 0 spiro atoms. The first-order chi connectivity index (χ1) is 15.0. The lowest BCUT2D eigenvalue weighted by Crippen LogP contribution is -2.47. The van der Waals surface area contributed by atoms with Crippen LogP contribution in [0.4, 0.5) is 5.69 Å². The monoisotopic (exact) mass is 455 g/mol. The standard InChI is InChI=1S/C24H26ClN3O2S/c1-3-14-30-20-8-5-18(6-9-20)15-22-23(29)26-24(31-22)28-12-10-27(11-13-28)19-7-4-17(2)21(25)16-19/h4-9,15-16H,3,10-14H2,1-2H3. The van der Waals surface area contributed by atoms with Crippen LogP contribution < -0.4 is 9.64 Å². The summed E-state index contributed by atoms with van der Waals surface area (Å²) in [5.74, 6) is 0.679. The number of piperazine rings is 1. The average molecular weight is 456 g/mol. The zero-order chi connectivity index (χ0) is 21.8. The minimum absolute atomic E-state index is 0.168. The number of thioether (sulfide) groups is 1. The van der Waals surface area contributed by atoms with Gasteiger partial charge in [-0.15, -0.1) is 0 Å². The van der Waals surface area contributed by atoms with Crippen LogP contribution in [0.1, 0.15) is 24.5 Å². The van der Waals surface area contributed by atoms with Crippen LogP contribution in [0.3, 0.4) is 0 Å². The van der Waals surface area contributed by atoms with E-state index in [1.807, 2.05) is 43.3 Å². The van der Waals surface area contributed by atoms with E-state index in [4.69, 9.17) is 16.3 Å². The highest BCUT2D eigenvalue weighted by Crippen LogP contribution is 2.32. The Balaban J connectivity index is 1.35. The molecule has 5 nitrogen and oxygen atoms in total. The summed E-state index contributed by atoms with van der Waals surface area (Å²) in [5.41, 5.74) is 3.19. The smallest absolute Gasteiger partial charge is 0.286 e. The van der Waals surface area contributed by atoms with Crippen molar-refractivity contribution in [1.82, 2.24) is 4.90 Å². The van der Waals surface area contributed by atoms with Crippen molar-refractivity contribution in [3.8, 4) is 5.75 Å². The fourth-order valence-corrected chi connectivity index (χ4v) is 4.64. The third-order valence-electron chi connectivity index (χ3n) is 5.33. The lowest BCUT2D eigenvalue weighted by Gasteiger charge is -2.36. The molecule has 2 aliphatic heterocycles. The summed E-state index contributed by atoms with van der Waals surface area (Å²) in [7, 11) is 0. The molecule has 1 fully saturated rings. The molecule has 0 radical (unpaired) electrons. The van der Waals surface area contributed by atoms with Crippen LogP contribution in [0, 0.1) is 6.92 Å². The number of halogens is 1. The van der Waals surface area contributed by atoms with Gasteiger partial charge in [-0.05, 0) is 66.6 Å². The number of rotatable bonds is 5. The molecule has 162 valence electrons. The summed E-state index contributed by atoms with van der Waals surface area (Å²) >= 11 is 7.74. The number of ether oxygens (including phenoxy) is 1. The van der Waals surface area contributed by atoms with Gasteiger partial charge in [0, 0.05) is 36.9 Å². The first kappa shape index (κ1) is 21.8. The van der Waals surface area contributed by atoms with Gasteiger partial charge in [-0.1, -0.05) is 36.7 Å². The highest BCUT2D eigenvalue weighted by atomic mass is 35.5. The van der Waals surface area contributed by atoms with E-state index in [0.717, 1.165) is 65.4 Å². The van der Waals surface area contributed by atoms with Crippen molar-refractivity contribution in [1.29, 1.82) is 0 Å². The maximum Gasteiger partial charge on any atom is 0.286 e. The van der Waals surface area contributed by atoms with E-state index in [1.165, 1.54) is 11.8 Å². The zero-order valence-electron chi connectivity index (χ0n) is 17.8. The van der Waals surface area contributed by atoms with E-state index in [2.05, 4.69) is 33.8 Å². The minimum Gasteiger partial charge on any atom is -0.494 e. The first-order valence-corrected chi connectivity index (χ1v) is 11.7. The normalized spacial score (nSPS) is 18.0. The van der Waals surface area contributed by atoms with Crippen molar-refractivity contribution in [2.45, 2.75) is 20.3 Å². The zero-order valence-corrected chi connectivity index (χ0v) is 19.4. The van der Waals surface area contributed by atoms with E-state index in [1.54, 1.807) is 0 Å². The lowest BCUT2D eigenvalue weighted by atomic mass is 10.2. The van der Waals surface area contributed by atoms with Gasteiger partial charge in [0.2, 0.25) is 0 Å². The number of carbonyl (C=O) groups excluding carboxylic acids is 1. The van der Waals surface area contributed by atoms with Gasteiger partial charge in [0.05, 0.1) is 11.5 Å². The van der Waals surface area contributed by atoms with Gasteiger partial charge in [-0.25, -0.2) is 0 Å². The molecule has 0 atom stereocenters. The molecule has 4 rings (SSSR count). The van der Waals surface area contributed by atoms with Gasteiger partial charge < -0.3 is 14.5 Å². The Hall–Kier alpha value is -2.44. The summed E-state index contributed by atoms with van der Waals surface area (Å²) in [6.07, 6.45) is 2.88. The van der Waals surface area contributed by atoms with E-state index in [0.29, 0.717) is 11.5 Å². The van der Waals surface area contributed by atoms with Crippen LogP contribution >= 0.6 is 23.4 Å². The van der Waals surface area contributed by atoms with Gasteiger partial charge in [0.15, 0.2) is 5.17 Å². The molecular formula is C24H26ClN3O2S. The SMILES string of the molecule is CCCOc1ccc(C=C2SC(N3CCN(c4ccc(C)c(Cl)c4)CC3)=NC2=O)cc1. The second-order valence-electron chi connectivity index (χ2n) is 7.64. The van der Waals surface area contributed by atoms with Gasteiger partial charge in [0.25, 0.3) is 5.91 Å². The Bertz CT molecular complexity index is 1010. The number of amidine groups is 1. The molecule has 2 aromatic carbocycles. The molecule has 1 saturated heterocycles. The van der Waals surface area contributed by atoms with Crippen LogP contribution in [-0.4, -0.2) is 48.8 Å². The Morgan fingerprint density at radius 3 is 2.48 bits per heavy atom. The maximum atomic E-state index is 12.4. The fourth-order valence-electron chi connectivity index (χ4n) is 3.50. The second kappa shape index (κ2) is 9.79. The largest absolute Gasteiger partial charge is 0.494 e. The summed E-state index contributed by atoms with van der Waals surface area (Å²) < 4.78 is 5.62. The molecule has 0 aliphatic carbocycles. The van der Waals surface area contributed by atoms with Gasteiger partial charge in [-0.3, -0.25) is 4.79 Å². The number of nitrogens with zero attached hydrogens (tertiary/aromatic N) is 3. The highest BCUT2D eigenvalue weighted by Gasteiger charge is 2.28. The van der Waals surface area contributed by atoms with Crippen molar-refractivity contribution < 1.29 is 9.53 Å². The Morgan fingerprint density at radius 1 is 1.10 bits per heavy atom. The molecule has 2 aliphatic rings. The average Bonchev–Trinajstić information content (AvgIpc) is 3.15. The molecule has 0 bridgehead atoms. The number of amides is 1. The Kier molecular flexibility index (Phi) is 6.88. The molecule has 0 unspecified atom stereocenters. The van der Waals surface area contributed by atoms with E-state index in [-0.39, 0.29) is 5.91 Å². The van der Waals surface area contributed by atoms with Crippen molar-refractivity contribution in [3.05, 3.63) is 63.5 Å². The summed E-state index contributed by atoms with van der Waals surface area (Å²) in [6, 6.07) is 14.0. The van der Waals surface area contributed by atoms with Crippen LogP contribution in [0.2, 0.25) is 5.02 Å². The van der Waals surface area contributed by atoms with E-state index >= 15 is 0 Å². The lowest BCUT2D eigenvalue weighted by molar-refractivity contribution is -0.113. The van der Waals surface area contributed by atoms with Crippen LogP contribution in [0.5, 0.6) is 5.75 Å². The fraction of sp³-hybridized carbons (Fsp3) is 0.333. The molecule has 0 N–H and O–H groups in total. The number of carbonyl (C=O) groups is 1.